The lowest BCUT2D eigenvalue weighted by atomic mass is 10.3. The normalized spacial score (nSPS) is 10.4. The van der Waals surface area contributed by atoms with Crippen molar-refractivity contribution in [3.05, 3.63) is 6.92 Å². The van der Waals surface area contributed by atoms with Crippen molar-refractivity contribution in [1.82, 2.24) is 10.6 Å². The molecule has 0 spiro atoms. The van der Waals surface area contributed by atoms with E-state index in [9.17, 15) is 0 Å². The molecular weight excluding hydrogens is 138 g/mol. The molecule has 0 aliphatic heterocycles. The Hall–Kier alpha value is -0.120. The molecule has 0 aromatic heterocycles. The van der Waals surface area contributed by atoms with Gasteiger partial charge in [-0.25, -0.2) is 0 Å². The van der Waals surface area contributed by atoms with Crippen molar-refractivity contribution in [1.29, 1.82) is 0 Å². The Balaban J connectivity index is 2.69. The first-order valence-corrected chi connectivity index (χ1v) is 4.32. The minimum absolute atomic E-state index is 0.582. The van der Waals surface area contributed by atoms with E-state index < -0.39 is 0 Å². The quantitative estimate of drug-likeness (QED) is 0.346. The van der Waals surface area contributed by atoms with E-state index in [2.05, 4.69) is 17.6 Å². The van der Waals surface area contributed by atoms with Crippen LogP contribution in [0.1, 0.15) is 19.3 Å². The maximum Gasteiger partial charge on any atom is 0.0428 e. The van der Waals surface area contributed by atoms with Crippen molar-refractivity contribution in [3.63, 3.8) is 0 Å². The van der Waals surface area contributed by atoms with Crippen LogP contribution in [0, 0.1) is 6.92 Å². The molecule has 0 atom stereocenters. The van der Waals surface area contributed by atoms with E-state index in [1.807, 2.05) is 0 Å². The molecule has 3 heteroatoms. The van der Waals surface area contributed by atoms with Gasteiger partial charge in [-0.15, -0.1) is 0 Å². The minimum atomic E-state index is 0.582. The molecule has 0 heterocycles. The third-order valence-corrected chi connectivity index (χ3v) is 1.45. The summed E-state index contributed by atoms with van der Waals surface area (Å²) in [5.74, 6) is 0. The molecule has 11 heavy (non-hydrogen) atoms. The number of hydrogen-bond donors (Lipinski definition) is 3. The Morgan fingerprint density at radius 2 is 1.64 bits per heavy atom. The van der Waals surface area contributed by atoms with Crippen molar-refractivity contribution in [3.8, 4) is 0 Å². The lowest BCUT2D eigenvalue weighted by Crippen LogP contribution is -2.26. The van der Waals surface area contributed by atoms with Crippen molar-refractivity contribution >= 4 is 0 Å². The first-order valence-electron chi connectivity index (χ1n) is 4.32. The van der Waals surface area contributed by atoms with Crippen LogP contribution in [-0.2, 0) is 0 Å². The molecule has 0 fully saturated rings. The average Bonchev–Trinajstić information content (AvgIpc) is 2.03. The Morgan fingerprint density at radius 1 is 1.00 bits per heavy atom. The summed E-state index contributed by atoms with van der Waals surface area (Å²) < 4.78 is 0. The third kappa shape index (κ3) is 9.88. The molecular formula is C8H20N3. The molecule has 0 rings (SSSR count). The fourth-order valence-electron chi connectivity index (χ4n) is 0.815. The van der Waals surface area contributed by atoms with Gasteiger partial charge < -0.3 is 16.4 Å². The van der Waals surface area contributed by atoms with Crippen LogP contribution < -0.4 is 16.4 Å². The van der Waals surface area contributed by atoms with Crippen molar-refractivity contribution in [2.75, 3.05) is 26.3 Å². The highest BCUT2D eigenvalue weighted by Gasteiger charge is 1.86. The fraction of sp³-hybridized carbons (Fsp3) is 0.875. The van der Waals surface area contributed by atoms with E-state index in [0.29, 0.717) is 6.67 Å². The molecule has 0 saturated heterocycles. The molecule has 0 amide bonds. The van der Waals surface area contributed by atoms with Gasteiger partial charge in [-0.05, 0) is 32.5 Å². The van der Waals surface area contributed by atoms with Crippen LogP contribution in [-0.4, -0.2) is 26.3 Å². The molecule has 1 radical (unpaired) electrons. The van der Waals surface area contributed by atoms with Gasteiger partial charge in [0.1, 0.15) is 0 Å². The van der Waals surface area contributed by atoms with Crippen molar-refractivity contribution in [2.45, 2.75) is 19.3 Å². The van der Waals surface area contributed by atoms with Gasteiger partial charge in [0.25, 0.3) is 0 Å². The van der Waals surface area contributed by atoms with Gasteiger partial charge in [0.15, 0.2) is 0 Å². The minimum Gasteiger partial charge on any atom is -0.318 e. The Bertz CT molecular complexity index is 58.4. The summed E-state index contributed by atoms with van der Waals surface area (Å²) in [4.78, 5) is 0. The zero-order chi connectivity index (χ0) is 8.36. The topological polar surface area (TPSA) is 50.1 Å². The van der Waals surface area contributed by atoms with Gasteiger partial charge in [0.05, 0.1) is 0 Å². The zero-order valence-electron chi connectivity index (χ0n) is 7.23. The summed E-state index contributed by atoms with van der Waals surface area (Å²) in [6.07, 6.45) is 3.34. The number of unbranched alkanes of at least 4 members (excludes halogenated alkanes) is 1. The van der Waals surface area contributed by atoms with Gasteiger partial charge in [0.2, 0.25) is 0 Å². The van der Waals surface area contributed by atoms with E-state index in [1.165, 1.54) is 6.42 Å². The van der Waals surface area contributed by atoms with Crippen molar-refractivity contribution < 1.29 is 0 Å². The lowest BCUT2D eigenvalue weighted by molar-refractivity contribution is 0.591. The van der Waals surface area contributed by atoms with E-state index in [4.69, 9.17) is 5.73 Å². The summed E-state index contributed by atoms with van der Waals surface area (Å²) in [5.41, 5.74) is 5.25. The predicted molar refractivity (Wildman–Crippen MR) is 49.1 cm³/mol. The van der Waals surface area contributed by atoms with Gasteiger partial charge in [-0.1, -0.05) is 13.3 Å². The Kier molecular flexibility index (Phi) is 9.77. The van der Waals surface area contributed by atoms with Gasteiger partial charge in [-0.2, -0.15) is 0 Å². The summed E-state index contributed by atoms with van der Waals surface area (Å²) in [5, 5.41) is 6.39. The molecule has 0 bridgehead atoms. The van der Waals surface area contributed by atoms with E-state index in [1.54, 1.807) is 0 Å². The molecule has 3 nitrogen and oxygen atoms in total. The molecule has 67 valence electrons. The van der Waals surface area contributed by atoms with E-state index in [-0.39, 0.29) is 0 Å². The predicted octanol–water partition coefficient (Wildman–Crippen LogP) is 0.0862. The summed E-state index contributed by atoms with van der Waals surface area (Å²) >= 11 is 0. The standard InChI is InChI=1S/C8H20N3/c1-2-3-5-10-6-4-7-11-8-9/h10-11H,1-9H2. The monoisotopic (exact) mass is 158 g/mol. The summed E-state index contributed by atoms with van der Waals surface area (Å²) in [7, 11) is 0. The summed E-state index contributed by atoms with van der Waals surface area (Å²) in [6.45, 7) is 7.52. The van der Waals surface area contributed by atoms with E-state index in [0.717, 1.165) is 32.5 Å². The maximum atomic E-state index is 5.25. The lowest BCUT2D eigenvalue weighted by Gasteiger charge is -2.03. The van der Waals surface area contributed by atoms with Crippen LogP contribution in [0.4, 0.5) is 0 Å². The molecule has 4 N–H and O–H groups in total. The SMILES string of the molecule is [CH2]CCCNCCCNCN. The average molecular weight is 158 g/mol. The highest BCUT2D eigenvalue weighted by atomic mass is 15.0. The second kappa shape index (κ2) is 9.88. The van der Waals surface area contributed by atoms with Crippen LogP contribution >= 0.6 is 0 Å². The number of nitrogens with one attached hydrogen (secondary N) is 2. The van der Waals surface area contributed by atoms with Crippen LogP contribution in [0.5, 0.6) is 0 Å². The first kappa shape index (κ1) is 10.9. The Labute approximate surface area is 69.7 Å². The number of rotatable bonds is 8. The molecule has 0 aliphatic carbocycles. The van der Waals surface area contributed by atoms with Crippen LogP contribution in [0.25, 0.3) is 0 Å². The largest absolute Gasteiger partial charge is 0.318 e. The van der Waals surface area contributed by atoms with Crippen molar-refractivity contribution in [2.24, 2.45) is 5.73 Å². The smallest absolute Gasteiger partial charge is 0.0428 e. The van der Waals surface area contributed by atoms with Crippen LogP contribution in [0.2, 0.25) is 0 Å². The van der Waals surface area contributed by atoms with E-state index >= 15 is 0 Å². The number of nitrogens with two attached hydrogens (primary N) is 1. The molecule has 0 aromatic rings. The second-order valence-corrected chi connectivity index (χ2v) is 2.51. The van der Waals surface area contributed by atoms with Crippen LogP contribution in [0.3, 0.4) is 0 Å². The van der Waals surface area contributed by atoms with Gasteiger partial charge >= 0.3 is 0 Å². The molecule has 0 saturated carbocycles. The second-order valence-electron chi connectivity index (χ2n) is 2.51. The van der Waals surface area contributed by atoms with Gasteiger partial charge in [0, 0.05) is 6.67 Å². The number of hydrogen-bond acceptors (Lipinski definition) is 3. The third-order valence-electron chi connectivity index (χ3n) is 1.45. The molecule has 0 aliphatic rings. The zero-order valence-corrected chi connectivity index (χ0v) is 7.23. The molecule has 0 aromatic carbocycles. The Morgan fingerprint density at radius 3 is 2.27 bits per heavy atom. The highest BCUT2D eigenvalue weighted by Crippen LogP contribution is 1.81. The molecule has 0 unspecified atom stereocenters. The summed E-state index contributed by atoms with van der Waals surface area (Å²) in [6, 6.07) is 0. The fourth-order valence-corrected chi connectivity index (χ4v) is 0.815. The van der Waals surface area contributed by atoms with Gasteiger partial charge in [-0.3, -0.25) is 0 Å². The van der Waals surface area contributed by atoms with Crippen LogP contribution in [0.15, 0.2) is 0 Å². The maximum absolute atomic E-state index is 5.25. The highest BCUT2D eigenvalue weighted by molar-refractivity contribution is 4.51. The first-order chi connectivity index (χ1) is 5.41.